The quantitative estimate of drug-likeness (QED) is 0.902. The third kappa shape index (κ3) is 2.67. The van der Waals surface area contributed by atoms with Crippen LogP contribution in [0.4, 0.5) is 0 Å². The smallest absolute Gasteiger partial charge is 0.335 e. The minimum atomic E-state index is -0.895. The van der Waals surface area contributed by atoms with Crippen LogP contribution in [0.3, 0.4) is 0 Å². The van der Waals surface area contributed by atoms with Gasteiger partial charge in [0.2, 0.25) is 0 Å². The molecule has 0 unspecified atom stereocenters. The molecule has 1 saturated carbocycles. The van der Waals surface area contributed by atoms with Crippen molar-refractivity contribution in [2.45, 2.75) is 52.5 Å². The van der Waals surface area contributed by atoms with Crippen LogP contribution in [0, 0.1) is 5.41 Å². The molecule has 0 aliphatic heterocycles. The van der Waals surface area contributed by atoms with E-state index in [1.165, 1.54) is 12.8 Å². The van der Waals surface area contributed by atoms with Crippen LogP contribution in [0.15, 0.2) is 18.2 Å². The molecule has 0 amide bonds. The van der Waals surface area contributed by atoms with Crippen molar-refractivity contribution in [1.29, 1.82) is 0 Å². The number of benzene rings is 1. The molecule has 2 aromatic rings. The van der Waals surface area contributed by atoms with Gasteiger partial charge in [-0.05, 0) is 42.9 Å². The zero-order valence-corrected chi connectivity index (χ0v) is 12.9. The van der Waals surface area contributed by atoms with Crippen molar-refractivity contribution in [3.05, 3.63) is 29.6 Å². The summed E-state index contributed by atoms with van der Waals surface area (Å²) in [4.78, 5) is 15.9. The van der Waals surface area contributed by atoms with Gasteiger partial charge < -0.3 is 9.67 Å². The Hall–Kier alpha value is -1.84. The maximum atomic E-state index is 11.1. The molecule has 0 bridgehead atoms. The molecule has 112 valence electrons. The van der Waals surface area contributed by atoms with Crippen molar-refractivity contribution in [3.8, 4) is 0 Å². The molecule has 3 rings (SSSR count). The van der Waals surface area contributed by atoms with Crippen LogP contribution in [-0.4, -0.2) is 20.6 Å². The van der Waals surface area contributed by atoms with Gasteiger partial charge in [-0.2, -0.15) is 0 Å². The van der Waals surface area contributed by atoms with E-state index in [9.17, 15) is 4.79 Å². The monoisotopic (exact) mass is 286 g/mol. The number of aromatic nitrogens is 2. The minimum Gasteiger partial charge on any atom is -0.478 e. The van der Waals surface area contributed by atoms with Crippen molar-refractivity contribution in [1.82, 2.24) is 9.55 Å². The van der Waals surface area contributed by atoms with E-state index in [1.807, 2.05) is 6.07 Å². The van der Waals surface area contributed by atoms with Gasteiger partial charge in [0.15, 0.2) is 0 Å². The molecule has 1 aromatic carbocycles. The Kier molecular flexibility index (Phi) is 3.27. The molecule has 0 spiro atoms. The summed E-state index contributed by atoms with van der Waals surface area (Å²) in [5.74, 6) is 0.792. The second-order valence-electron chi connectivity index (χ2n) is 6.86. The van der Waals surface area contributed by atoms with E-state index < -0.39 is 5.97 Å². The topological polar surface area (TPSA) is 55.1 Å². The number of hydrogen-bond acceptors (Lipinski definition) is 2. The van der Waals surface area contributed by atoms with Crippen molar-refractivity contribution < 1.29 is 9.90 Å². The summed E-state index contributed by atoms with van der Waals surface area (Å²) in [7, 11) is 0. The van der Waals surface area contributed by atoms with Crippen molar-refractivity contribution in [2.24, 2.45) is 5.41 Å². The van der Waals surface area contributed by atoms with Crippen LogP contribution in [-0.2, 0) is 6.54 Å². The van der Waals surface area contributed by atoms with E-state index in [4.69, 9.17) is 10.1 Å². The Morgan fingerprint density at radius 2 is 2.14 bits per heavy atom. The predicted octanol–water partition coefficient (Wildman–Crippen LogP) is 4.05. The first-order valence-electron chi connectivity index (χ1n) is 7.65. The van der Waals surface area contributed by atoms with Gasteiger partial charge in [0, 0.05) is 12.5 Å². The molecule has 1 aliphatic rings. The molecule has 4 nitrogen and oxygen atoms in total. The first-order chi connectivity index (χ1) is 9.91. The molecule has 1 N–H and O–H groups in total. The number of hydrogen-bond donors (Lipinski definition) is 1. The van der Waals surface area contributed by atoms with E-state index in [1.54, 1.807) is 12.1 Å². The molecular formula is C17H22N2O2. The van der Waals surface area contributed by atoms with Gasteiger partial charge in [-0.25, -0.2) is 9.78 Å². The van der Waals surface area contributed by atoms with Gasteiger partial charge in [0.05, 0.1) is 16.6 Å². The Morgan fingerprint density at radius 1 is 1.43 bits per heavy atom. The second-order valence-corrected chi connectivity index (χ2v) is 6.86. The van der Waals surface area contributed by atoms with Crippen molar-refractivity contribution in [3.63, 3.8) is 0 Å². The maximum absolute atomic E-state index is 11.1. The average Bonchev–Trinajstić information content (AvgIpc) is 3.22. The Labute approximate surface area is 124 Å². The van der Waals surface area contributed by atoms with E-state index >= 15 is 0 Å². The summed E-state index contributed by atoms with van der Waals surface area (Å²) in [5.41, 5.74) is 2.39. The fraction of sp³-hybridized carbons (Fsp3) is 0.529. The molecule has 0 radical (unpaired) electrons. The first-order valence-corrected chi connectivity index (χ1v) is 7.65. The number of imidazole rings is 1. The molecule has 1 aliphatic carbocycles. The first kappa shape index (κ1) is 14.1. The third-order valence-corrected chi connectivity index (χ3v) is 4.51. The highest BCUT2D eigenvalue weighted by Crippen LogP contribution is 2.41. The number of nitrogens with zero attached hydrogens (tertiary/aromatic N) is 2. The highest BCUT2D eigenvalue weighted by molar-refractivity contribution is 5.92. The lowest BCUT2D eigenvalue weighted by Crippen LogP contribution is -2.20. The summed E-state index contributed by atoms with van der Waals surface area (Å²) in [6.07, 6.45) is 3.49. The summed E-state index contributed by atoms with van der Waals surface area (Å²) in [5, 5.41) is 9.13. The normalized spacial score (nSPS) is 15.6. The minimum absolute atomic E-state index is 0.211. The lowest BCUT2D eigenvalue weighted by molar-refractivity contribution is 0.0697. The second kappa shape index (κ2) is 4.86. The van der Waals surface area contributed by atoms with Gasteiger partial charge in [-0.15, -0.1) is 0 Å². The third-order valence-electron chi connectivity index (χ3n) is 4.51. The van der Waals surface area contributed by atoms with Crippen molar-refractivity contribution in [2.75, 3.05) is 0 Å². The molecule has 21 heavy (non-hydrogen) atoms. The Bertz CT molecular complexity index is 696. The van der Waals surface area contributed by atoms with Crippen LogP contribution < -0.4 is 0 Å². The summed E-state index contributed by atoms with van der Waals surface area (Å²) < 4.78 is 2.31. The number of fused-ring (bicyclic) bond motifs is 1. The number of carbonyl (C=O) groups is 1. The molecule has 1 fully saturated rings. The van der Waals surface area contributed by atoms with Crippen LogP contribution in [0.2, 0.25) is 0 Å². The summed E-state index contributed by atoms with van der Waals surface area (Å²) >= 11 is 0. The van der Waals surface area contributed by atoms with Crippen molar-refractivity contribution >= 4 is 17.0 Å². The summed E-state index contributed by atoms with van der Waals surface area (Å²) in [6.45, 7) is 7.67. The Balaban J connectivity index is 2.11. The zero-order valence-electron chi connectivity index (χ0n) is 12.9. The van der Waals surface area contributed by atoms with Gasteiger partial charge in [0.1, 0.15) is 5.82 Å². The molecule has 1 aromatic heterocycles. The van der Waals surface area contributed by atoms with Crippen LogP contribution in [0.25, 0.3) is 11.0 Å². The molecule has 4 heteroatoms. The number of carboxylic acids is 1. The van der Waals surface area contributed by atoms with E-state index in [-0.39, 0.29) is 5.41 Å². The molecular weight excluding hydrogens is 264 g/mol. The highest BCUT2D eigenvalue weighted by atomic mass is 16.4. The van der Waals surface area contributed by atoms with Crippen LogP contribution in [0.5, 0.6) is 0 Å². The van der Waals surface area contributed by atoms with Gasteiger partial charge in [-0.3, -0.25) is 0 Å². The predicted molar refractivity (Wildman–Crippen MR) is 82.7 cm³/mol. The number of carboxylic acid groups (broad SMARTS) is 1. The SMILES string of the molecule is CCC(C)(C)Cn1c(C2CC2)nc2cc(C(=O)O)ccc21. The molecule has 1 heterocycles. The number of aromatic carboxylic acids is 1. The maximum Gasteiger partial charge on any atom is 0.335 e. The van der Waals surface area contributed by atoms with E-state index in [0.29, 0.717) is 11.5 Å². The largest absolute Gasteiger partial charge is 0.478 e. The summed E-state index contributed by atoms with van der Waals surface area (Å²) in [6, 6.07) is 5.28. The van der Waals surface area contributed by atoms with E-state index in [0.717, 1.165) is 29.8 Å². The van der Waals surface area contributed by atoms with Crippen LogP contribution >= 0.6 is 0 Å². The molecule has 0 saturated heterocycles. The fourth-order valence-corrected chi connectivity index (χ4v) is 2.64. The van der Waals surface area contributed by atoms with E-state index in [2.05, 4.69) is 25.3 Å². The average molecular weight is 286 g/mol. The Morgan fingerprint density at radius 3 is 2.71 bits per heavy atom. The van der Waals surface area contributed by atoms with Gasteiger partial charge in [0.25, 0.3) is 0 Å². The lowest BCUT2D eigenvalue weighted by Gasteiger charge is -2.24. The lowest BCUT2D eigenvalue weighted by atomic mass is 9.90. The van der Waals surface area contributed by atoms with Gasteiger partial charge in [-0.1, -0.05) is 20.8 Å². The highest BCUT2D eigenvalue weighted by Gasteiger charge is 2.31. The molecule has 0 atom stereocenters. The standard InChI is InChI=1S/C17H22N2O2/c1-4-17(2,3)10-19-14-8-7-12(16(20)21)9-13(14)18-15(19)11-5-6-11/h7-9,11H,4-6,10H2,1-3H3,(H,20,21). The van der Waals surface area contributed by atoms with Crippen LogP contribution in [0.1, 0.15) is 62.1 Å². The zero-order chi connectivity index (χ0) is 15.2. The van der Waals surface area contributed by atoms with Gasteiger partial charge >= 0.3 is 5.97 Å². The number of rotatable bonds is 5. The fourth-order valence-electron chi connectivity index (χ4n) is 2.64.